The van der Waals surface area contributed by atoms with Gasteiger partial charge in [-0.2, -0.15) is 0 Å². The van der Waals surface area contributed by atoms with Gasteiger partial charge in [0.1, 0.15) is 12.6 Å². The van der Waals surface area contributed by atoms with E-state index in [9.17, 15) is 14.7 Å². The Morgan fingerprint density at radius 1 is 1.32 bits per heavy atom. The number of nitrogens with one attached hydrogen (secondary N) is 1. The van der Waals surface area contributed by atoms with E-state index >= 15 is 0 Å². The van der Waals surface area contributed by atoms with Gasteiger partial charge in [-0.25, -0.2) is 0 Å². The van der Waals surface area contributed by atoms with Crippen LogP contribution in [0.15, 0.2) is 28.9 Å². The Kier molecular flexibility index (Phi) is 6.57. The summed E-state index contributed by atoms with van der Waals surface area (Å²) in [6.45, 7) is 1.18. The first-order valence-corrected chi connectivity index (χ1v) is 8.70. The van der Waals surface area contributed by atoms with Crippen molar-refractivity contribution in [3.63, 3.8) is 0 Å². The maximum absolute atomic E-state index is 11.8. The van der Waals surface area contributed by atoms with Crippen LogP contribution < -0.4 is 5.32 Å². The highest BCUT2D eigenvalue weighted by atomic mass is 79.9. The minimum Gasteiger partial charge on any atom is -0.480 e. The summed E-state index contributed by atoms with van der Waals surface area (Å²) in [6, 6.07) is 4.54. The van der Waals surface area contributed by atoms with Crippen molar-refractivity contribution in [2.45, 2.75) is 19.0 Å². The second-order valence-electron chi connectivity index (χ2n) is 6.15. The molecule has 1 heterocycles. The van der Waals surface area contributed by atoms with E-state index in [4.69, 9.17) is 5.11 Å². The van der Waals surface area contributed by atoms with E-state index in [2.05, 4.69) is 21.2 Å². The minimum atomic E-state index is -0.984. The molecule has 3 N–H and O–H groups in total. The normalized spacial score (nSPS) is 12.6. The topological polar surface area (TPSA) is 94.8 Å². The molecule has 0 amide bonds. The smallest absolute Gasteiger partial charge is 0.325 e. The molecule has 1 aromatic carbocycles. The summed E-state index contributed by atoms with van der Waals surface area (Å²) in [5.74, 6) is -1.96. The van der Waals surface area contributed by atoms with E-state index in [1.54, 1.807) is 16.8 Å². The number of benzene rings is 1. The van der Waals surface area contributed by atoms with Crippen molar-refractivity contribution in [2.75, 3.05) is 27.2 Å². The van der Waals surface area contributed by atoms with Crippen molar-refractivity contribution in [1.82, 2.24) is 14.8 Å². The van der Waals surface area contributed by atoms with E-state index in [1.165, 1.54) is 0 Å². The van der Waals surface area contributed by atoms with Crippen LogP contribution in [-0.2, 0) is 16.1 Å². The first kappa shape index (κ1) is 19.4. The predicted molar refractivity (Wildman–Crippen MR) is 98.8 cm³/mol. The van der Waals surface area contributed by atoms with Crippen molar-refractivity contribution in [2.24, 2.45) is 0 Å². The Hall–Kier alpha value is -1.90. The number of carboxylic acid groups (broad SMARTS) is 2. The van der Waals surface area contributed by atoms with Crippen LogP contribution in [0.2, 0.25) is 0 Å². The van der Waals surface area contributed by atoms with Gasteiger partial charge in [-0.05, 0) is 45.7 Å². The lowest BCUT2D eigenvalue weighted by atomic mass is 10.1. The average Bonchev–Trinajstić information content (AvgIpc) is 2.83. The first-order valence-electron chi connectivity index (χ1n) is 7.90. The van der Waals surface area contributed by atoms with Crippen LogP contribution in [0, 0.1) is 0 Å². The standard InChI is InChI=1S/C17H22BrN3O4/c1-20(2)7-3-6-19-16(17(24)25)13-9-21(10-15(22)23)14-8-11(18)4-5-12(13)14/h4-5,8-9,16,19H,3,6-7,10H2,1-2H3,(H,22,23)(H,24,25). The fourth-order valence-electron chi connectivity index (χ4n) is 2.77. The Labute approximate surface area is 154 Å². The number of fused-ring (bicyclic) bond motifs is 1. The molecule has 0 saturated heterocycles. The molecule has 0 aliphatic heterocycles. The van der Waals surface area contributed by atoms with Crippen LogP contribution in [-0.4, -0.2) is 58.8 Å². The van der Waals surface area contributed by atoms with Gasteiger partial charge >= 0.3 is 11.9 Å². The second-order valence-corrected chi connectivity index (χ2v) is 7.07. The third-order valence-electron chi connectivity index (χ3n) is 3.87. The molecule has 7 nitrogen and oxygen atoms in total. The summed E-state index contributed by atoms with van der Waals surface area (Å²) in [5.41, 5.74) is 1.26. The third kappa shape index (κ3) is 5.04. The molecule has 0 fully saturated rings. The number of hydrogen-bond acceptors (Lipinski definition) is 4. The molecule has 0 spiro atoms. The van der Waals surface area contributed by atoms with E-state index in [0.717, 1.165) is 22.8 Å². The highest BCUT2D eigenvalue weighted by Crippen LogP contribution is 2.29. The number of nitrogens with zero attached hydrogens (tertiary/aromatic N) is 2. The van der Waals surface area contributed by atoms with Crippen molar-refractivity contribution in [1.29, 1.82) is 0 Å². The molecule has 25 heavy (non-hydrogen) atoms. The number of carboxylic acids is 2. The van der Waals surface area contributed by atoms with Gasteiger partial charge in [-0.1, -0.05) is 22.0 Å². The third-order valence-corrected chi connectivity index (χ3v) is 4.36. The van der Waals surface area contributed by atoms with Gasteiger partial charge in [0.15, 0.2) is 0 Å². The van der Waals surface area contributed by atoms with Crippen LogP contribution in [0.1, 0.15) is 18.0 Å². The molecule has 2 rings (SSSR count). The van der Waals surface area contributed by atoms with Gasteiger partial charge in [-0.15, -0.1) is 0 Å². The summed E-state index contributed by atoms with van der Waals surface area (Å²) in [7, 11) is 3.93. The molecule has 1 aromatic heterocycles. The molecule has 136 valence electrons. The quantitative estimate of drug-likeness (QED) is 0.547. The maximum atomic E-state index is 11.8. The van der Waals surface area contributed by atoms with Gasteiger partial charge in [0, 0.05) is 21.6 Å². The zero-order chi connectivity index (χ0) is 18.6. The van der Waals surface area contributed by atoms with Gasteiger partial charge < -0.3 is 25.0 Å². The molecule has 0 radical (unpaired) electrons. The van der Waals surface area contributed by atoms with Gasteiger partial charge in [0.2, 0.25) is 0 Å². The molecule has 0 aliphatic carbocycles. The monoisotopic (exact) mass is 411 g/mol. The van der Waals surface area contributed by atoms with Crippen molar-refractivity contribution in [3.05, 3.63) is 34.4 Å². The van der Waals surface area contributed by atoms with Gasteiger partial charge in [-0.3, -0.25) is 9.59 Å². The summed E-state index contributed by atoms with van der Waals surface area (Å²) in [6.07, 6.45) is 2.43. The number of hydrogen-bond donors (Lipinski definition) is 3. The Morgan fingerprint density at radius 3 is 2.64 bits per heavy atom. The number of rotatable bonds is 9. The van der Waals surface area contributed by atoms with Crippen molar-refractivity contribution >= 4 is 38.8 Å². The molecule has 0 bridgehead atoms. The van der Waals surface area contributed by atoms with Crippen molar-refractivity contribution < 1.29 is 19.8 Å². The Bertz CT molecular complexity index is 773. The van der Waals surface area contributed by atoms with E-state index in [1.807, 2.05) is 31.1 Å². The summed E-state index contributed by atoms with van der Waals surface area (Å²) >= 11 is 3.38. The minimum absolute atomic E-state index is 0.222. The number of aromatic nitrogens is 1. The predicted octanol–water partition coefficient (Wildman–Crippen LogP) is 2.16. The molecular formula is C17H22BrN3O4. The van der Waals surface area contributed by atoms with Gasteiger partial charge in [0.25, 0.3) is 0 Å². The highest BCUT2D eigenvalue weighted by molar-refractivity contribution is 9.10. The highest BCUT2D eigenvalue weighted by Gasteiger charge is 2.24. The van der Waals surface area contributed by atoms with Crippen LogP contribution in [0.4, 0.5) is 0 Å². The first-order chi connectivity index (χ1) is 11.8. The van der Waals surface area contributed by atoms with E-state index in [-0.39, 0.29) is 6.54 Å². The summed E-state index contributed by atoms with van der Waals surface area (Å²) in [5, 5.41) is 22.5. The fraction of sp³-hybridized carbons (Fsp3) is 0.412. The zero-order valence-electron chi connectivity index (χ0n) is 14.2. The largest absolute Gasteiger partial charge is 0.480 e. The lowest BCUT2D eigenvalue weighted by Crippen LogP contribution is -2.30. The maximum Gasteiger partial charge on any atom is 0.325 e. The zero-order valence-corrected chi connectivity index (χ0v) is 15.8. The lowest BCUT2D eigenvalue weighted by Gasteiger charge is -2.15. The molecule has 0 saturated carbocycles. The summed E-state index contributed by atoms with van der Waals surface area (Å²) < 4.78 is 2.37. The molecular weight excluding hydrogens is 390 g/mol. The van der Waals surface area contributed by atoms with Crippen LogP contribution in [0.5, 0.6) is 0 Å². The Morgan fingerprint density at radius 2 is 2.04 bits per heavy atom. The lowest BCUT2D eigenvalue weighted by molar-refractivity contribution is -0.139. The van der Waals surface area contributed by atoms with Crippen LogP contribution in [0.25, 0.3) is 10.9 Å². The fourth-order valence-corrected chi connectivity index (χ4v) is 3.12. The molecule has 2 aromatic rings. The van der Waals surface area contributed by atoms with Crippen LogP contribution in [0.3, 0.4) is 0 Å². The molecule has 1 atom stereocenters. The molecule has 0 aliphatic rings. The Balaban J connectivity index is 2.35. The van der Waals surface area contributed by atoms with Gasteiger partial charge in [0.05, 0.1) is 5.52 Å². The average molecular weight is 412 g/mol. The number of halogens is 1. The second kappa shape index (κ2) is 8.46. The number of aliphatic carboxylic acids is 2. The van der Waals surface area contributed by atoms with E-state index in [0.29, 0.717) is 17.6 Å². The number of carbonyl (C=O) groups is 2. The molecule has 1 unspecified atom stereocenters. The summed E-state index contributed by atoms with van der Waals surface area (Å²) in [4.78, 5) is 24.9. The van der Waals surface area contributed by atoms with Crippen LogP contribution >= 0.6 is 15.9 Å². The van der Waals surface area contributed by atoms with Crippen molar-refractivity contribution in [3.8, 4) is 0 Å². The van der Waals surface area contributed by atoms with E-state index < -0.39 is 18.0 Å². The molecule has 8 heteroatoms. The SMILES string of the molecule is CN(C)CCCNC(C(=O)O)c1cn(CC(=O)O)c2cc(Br)ccc12.